The van der Waals surface area contributed by atoms with Crippen LogP contribution in [-0.4, -0.2) is 21.6 Å². The molecule has 0 atom stereocenters. The SMILES string of the molecule is Cc1cc(C#N)cc(C(N)=O)c1NC(=O)c1cc(C(F)F)nn1C1CC1. The Labute approximate surface area is 147 Å². The molecule has 1 heterocycles. The molecule has 7 nitrogen and oxygen atoms in total. The summed E-state index contributed by atoms with van der Waals surface area (Å²) in [5, 5.41) is 15.4. The standard InChI is InChI=1S/C17H15F2N5O2/c1-8-4-9(7-20)5-11(16(21)25)14(8)22-17(26)13-6-12(15(18)19)23-24(13)10-2-3-10/h4-6,10,15H,2-3H2,1H3,(H2,21,25)(H,22,26). The van der Waals surface area contributed by atoms with Crippen molar-refractivity contribution in [3.63, 3.8) is 0 Å². The number of anilines is 1. The van der Waals surface area contributed by atoms with Gasteiger partial charge >= 0.3 is 0 Å². The number of benzene rings is 1. The quantitative estimate of drug-likeness (QED) is 0.854. The van der Waals surface area contributed by atoms with Gasteiger partial charge in [0.05, 0.1) is 28.9 Å². The summed E-state index contributed by atoms with van der Waals surface area (Å²) >= 11 is 0. The van der Waals surface area contributed by atoms with Gasteiger partial charge in [-0.1, -0.05) is 0 Å². The Kier molecular flexibility index (Phi) is 4.42. The molecule has 0 bridgehead atoms. The number of amides is 2. The molecule has 134 valence electrons. The number of alkyl halides is 2. The Balaban J connectivity index is 1.99. The van der Waals surface area contributed by atoms with Crippen molar-refractivity contribution >= 4 is 17.5 Å². The maximum Gasteiger partial charge on any atom is 0.282 e. The number of nitrogens with two attached hydrogens (primary N) is 1. The Morgan fingerprint density at radius 3 is 2.62 bits per heavy atom. The molecule has 1 aromatic carbocycles. The molecule has 0 radical (unpaired) electrons. The van der Waals surface area contributed by atoms with Crippen molar-refractivity contribution < 1.29 is 18.4 Å². The van der Waals surface area contributed by atoms with Gasteiger partial charge in [0.1, 0.15) is 11.4 Å². The van der Waals surface area contributed by atoms with E-state index in [-0.39, 0.29) is 28.6 Å². The van der Waals surface area contributed by atoms with Crippen LogP contribution in [0.3, 0.4) is 0 Å². The van der Waals surface area contributed by atoms with Crippen LogP contribution >= 0.6 is 0 Å². The summed E-state index contributed by atoms with van der Waals surface area (Å²) in [6, 6.07) is 5.63. The summed E-state index contributed by atoms with van der Waals surface area (Å²) in [4.78, 5) is 24.3. The first-order chi connectivity index (χ1) is 12.3. The molecule has 0 saturated heterocycles. The summed E-state index contributed by atoms with van der Waals surface area (Å²) in [7, 11) is 0. The van der Waals surface area contributed by atoms with E-state index in [1.807, 2.05) is 6.07 Å². The van der Waals surface area contributed by atoms with E-state index in [0.29, 0.717) is 5.56 Å². The second-order valence-electron chi connectivity index (χ2n) is 6.08. The number of nitrogens with zero attached hydrogens (tertiary/aromatic N) is 3. The molecule has 2 aromatic rings. The number of hydrogen-bond acceptors (Lipinski definition) is 4. The average Bonchev–Trinajstić information content (AvgIpc) is 3.33. The maximum absolute atomic E-state index is 13.0. The van der Waals surface area contributed by atoms with Crippen molar-refractivity contribution in [3.05, 3.63) is 46.3 Å². The zero-order valence-corrected chi connectivity index (χ0v) is 13.8. The molecule has 1 aliphatic carbocycles. The normalized spacial score (nSPS) is 13.5. The van der Waals surface area contributed by atoms with E-state index in [2.05, 4.69) is 10.4 Å². The lowest BCUT2D eigenvalue weighted by Crippen LogP contribution is -2.21. The molecule has 1 aliphatic rings. The van der Waals surface area contributed by atoms with Crippen LogP contribution in [0.25, 0.3) is 0 Å². The molecular formula is C17H15F2N5O2. The first kappa shape index (κ1) is 17.5. The van der Waals surface area contributed by atoms with Gasteiger partial charge < -0.3 is 11.1 Å². The Morgan fingerprint density at radius 2 is 2.08 bits per heavy atom. The number of hydrogen-bond donors (Lipinski definition) is 2. The second kappa shape index (κ2) is 6.55. The molecular weight excluding hydrogens is 344 g/mol. The van der Waals surface area contributed by atoms with Crippen molar-refractivity contribution in [2.45, 2.75) is 32.2 Å². The first-order valence-electron chi connectivity index (χ1n) is 7.85. The summed E-state index contributed by atoms with van der Waals surface area (Å²) in [6.45, 7) is 1.60. The monoisotopic (exact) mass is 359 g/mol. The molecule has 0 aliphatic heterocycles. The van der Waals surface area contributed by atoms with Gasteiger partial charge in [0.25, 0.3) is 18.2 Å². The van der Waals surface area contributed by atoms with Gasteiger partial charge in [-0.05, 0) is 43.5 Å². The number of halogens is 2. The summed E-state index contributed by atoms with van der Waals surface area (Å²) in [6.07, 6.45) is -1.28. The highest BCUT2D eigenvalue weighted by atomic mass is 19.3. The van der Waals surface area contributed by atoms with Gasteiger partial charge in [-0.3, -0.25) is 14.3 Å². The lowest BCUT2D eigenvalue weighted by Gasteiger charge is -2.13. The van der Waals surface area contributed by atoms with Crippen LogP contribution in [0.15, 0.2) is 18.2 Å². The second-order valence-corrected chi connectivity index (χ2v) is 6.08. The fraction of sp³-hybridized carbons (Fsp3) is 0.294. The third kappa shape index (κ3) is 3.26. The van der Waals surface area contributed by atoms with Crippen LogP contribution in [0.1, 0.15) is 63.0 Å². The highest BCUT2D eigenvalue weighted by molar-refractivity contribution is 6.09. The van der Waals surface area contributed by atoms with Gasteiger partial charge in [0, 0.05) is 0 Å². The highest BCUT2D eigenvalue weighted by Crippen LogP contribution is 2.36. The number of carbonyl (C=O) groups excluding carboxylic acids is 2. The van der Waals surface area contributed by atoms with Crippen molar-refractivity contribution in [2.24, 2.45) is 5.73 Å². The number of aromatic nitrogens is 2. The predicted octanol–water partition coefficient (Wildman–Crippen LogP) is 2.69. The smallest absolute Gasteiger partial charge is 0.282 e. The minimum Gasteiger partial charge on any atom is -0.366 e. The maximum atomic E-state index is 13.0. The van der Waals surface area contributed by atoms with Crippen molar-refractivity contribution in [3.8, 4) is 6.07 Å². The van der Waals surface area contributed by atoms with Crippen LogP contribution in [0.5, 0.6) is 0 Å². The number of carbonyl (C=O) groups is 2. The summed E-state index contributed by atoms with van der Waals surface area (Å²) in [5.41, 5.74) is 5.64. The molecule has 3 N–H and O–H groups in total. The molecule has 9 heteroatoms. The lowest BCUT2D eigenvalue weighted by atomic mass is 10.0. The van der Waals surface area contributed by atoms with Gasteiger partial charge in [0.2, 0.25) is 0 Å². The minimum atomic E-state index is -2.79. The number of primary amides is 1. The van der Waals surface area contributed by atoms with E-state index in [4.69, 9.17) is 11.0 Å². The molecule has 26 heavy (non-hydrogen) atoms. The van der Waals surface area contributed by atoms with Crippen LogP contribution < -0.4 is 11.1 Å². The minimum absolute atomic E-state index is 0.0121. The van der Waals surface area contributed by atoms with E-state index >= 15 is 0 Å². The van der Waals surface area contributed by atoms with E-state index < -0.39 is 23.9 Å². The zero-order valence-electron chi connectivity index (χ0n) is 13.8. The van der Waals surface area contributed by atoms with Gasteiger partial charge in [-0.15, -0.1) is 0 Å². The fourth-order valence-corrected chi connectivity index (χ4v) is 2.68. The van der Waals surface area contributed by atoms with Crippen LogP contribution in [0.2, 0.25) is 0 Å². The number of nitriles is 1. The van der Waals surface area contributed by atoms with E-state index in [1.165, 1.54) is 16.8 Å². The third-order valence-corrected chi connectivity index (χ3v) is 4.07. The first-order valence-corrected chi connectivity index (χ1v) is 7.85. The molecule has 1 aromatic heterocycles. The van der Waals surface area contributed by atoms with Gasteiger partial charge in [-0.2, -0.15) is 10.4 Å². The molecule has 3 rings (SSSR count). The molecule has 2 amide bonds. The zero-order chi connectivity index (χ0) is 19.0. The van der Waals surface area contributed by atoms with Crippen molar-refractivity contribution in [1.29, 1.82) is 5.26 Å². The molecule has 0 unspecified atom stereocenters. The van der Waals surface area contributed by atoms with Gasteiger partial charge in [-0.25, -0.2) is 8.78 Å². The highest BCUT2D eigenvalue weighted by Gasteiger charge is 2.31. The Hall–Kier alpha value is -3.28. The Bertz CT molecular complexity index is 941. The average molecular weight is 359 g/mol. The number of aryl methyl sites for hydroxylation is 1. The van der Waals surface area contributed by atoms with Crippen LogP contribution in [-0.2, 0) is 0 Å². The number of rotatable bonds is 5. The molecule has 1 saturated carbocycles. The fourth-order valence-electron chi connectivity index (χ4n) is 2.68. The van der Waals surface area contributed by atoms with Crippen LogP contribution in [0.4, 0.5) is 14.5 Å². The summed E-state index contributed by atoms with van der Waals surface area (Å²) in [5.74, 6) is -1.49. The van der Waals surface area contributed by atoms with Crippen molar-refractivity contribution in [2.75, 3.05) is 5.32 Å². The topological polar surface area (TPSA) is 114 Å². The Morgan fingerprint density at radius 1 is 1.38 bits per heavy atom. The van der Waals surface area contributed by atoms with Crippen LogP contribution in [0, 0.1) is 18.3 Å². The van der Waals surface area contributed by atoms with E-state index in [0.717, 1.165) is 18.9 Å². The third-order valence-electron chi connectivity index (χ3n) is 4.07. The van der Waals surface area contributed by atoms with Crippen molar-refractivity contribution in [1.82, 2.24) is 9.78 Å². The lowest BCUT2D eigenvalue weighted by molar-refractivity contribution is 0.100. The molecule has 1 fully saturated rings. The van der Waals surface area contributed by atoms with E-state index in [9.17, 15) is 18.4 Å². The van der Waals surface area contributed by atoms with Gasteiger partial charge in [0.15, 0.2) is 0 Å². The summed E-state index contributed by atoms with van der Waals surface area (Å²) < 4.78 is 27.2. The van der Waals surface area contributed by atoms with E-state index in [1.54, 1.807) is 6.92 Å². The number of nitrogens with one attached hydrogen (secondary N) is 1. The molecule has 0 spiro atoms. The largest absolute Gasteiger partial charge is 0.366 e. The predicted molar refractivity (Wildman–Crippen MR) is 87.8 cm³/mol.